The summed E-state index contributed by atoms with van der Waals surface area (Å²) < 4.78 is 13.2. The molecule has 0 bridgehead atoms. The molecule has 0 aliphatic heterocycles. The Morgan fingerprint density at radius 3 is 2.70 bits per heavy atom. The fourth-order valence-corrected chi connectivity index (χ4v) is 2.12. The lowest BCUT2D eigenvalue weighted by atomic mass is 10.1. The Morgan fingerprint density at radius 1 is 1.25 bits per heavy atom. The van der Waals surface area contributed by atoms with Gasteiger partial charge in [0.2, 0.25) is 0 Å². The molecule has 1 N–H and O–H groups in total. The molecule has 0 saturated carbocycles. The summed E-state index contributed by atoms with van der Waals surface area (Å²) in [7, 11) is 4.08. The van der Waals surface area contributed by atoms with E-state index in [0.29, 0.717) is 0 Å². The van der Waals surface area contributed by atoms with Gasteiger partial charge in [-0.3, -0.25) is 4.98 Å². The van der Waals surface area contributed by atoms with Crippen LogP contribution in [0.2, 0.25) is 0 Å². The van der Waals surface area contributed by atoms with Crippen LogP contribution in [0.25, 0.3) is 0 Å². The lowest BCUT2D eigenvalue weighted by molar-refractivity contribution is 0.403. The molecule has 0 fully saturated rings. The van der Waals surface area contributed by atoms with Crippen molar-refractivity contribution in [1.82, 2.24) is 9.88 Å². The number of pyridine rings is 1. The van der Waals surface area contributed by atoms with Crippen LogP contribution in [0.4, 0.5) is 10.1 Å². The third kappa shape index (κ3) is 3.78. The molecule has 0 amide bonds. The van der Waals surface area contributed by atoms with E-state index in [1.54, 1.807) is 6.20 Å². The number of anilines is 1. The van der Waals surface area contributed by atoms with Crippen LogP contribution in [0.3, 0.4) is 0 Å². The van der Waals surface area contributed by atoms with Gasteiger partial charge in [0.15, 0.2) is 0 Å². The fourth-order valence-electron chi connectivity index (χ4n) is 2.12. The van der Waals surface area contributed by atoms with Gasteiger partial charge >= 0.3 is 0 Å². The van der Waals surface area contributed by atoms with Gasteiger partial charge in [0, 0.05) is 18.4 Å². The largest absolute Gasteiger partial charge is 0.378 e. The van der Waals surface area contributed by atoms with E-state index in [4.69, 9.17) is 0 Å². The SMILES string of the molecule is CC(Nc1ccccc1CN(C)C)c1cncc(F)c1. The van der Waals surface area contributed by atoms with Crippen LogP contribution in [-0.4, -0.2) is 24.0 Å². The molecule has 0 spiro atoms. The van der Waals surface area contributed by atoms with Crippen LogP contribution in [0.1, 0.15) is 24.1 Å². The summed E-state index contributed by atoms with van der Waals surface area (Å²) in [6.45, 7) is 2.86. The highest BCUT2D eigenvalue weighted by Gasteiger charge is 2.09. The predicted octanol–water partition coefficient (Wildman–Crippen LogP) is 3.46. The molecular weight excluding hydrogens is 253 g/mol. The summed E-state index contributed by atoms with van der Waals surface area (Å²) >= 11 is 0. The van der Waals surface area contributed by atoms with Crippen molar-refractivity contribution >= 4 is 5.69 Å². The van der Waals surface area contributed by atoms with Gasteiger partial charge in [-0.05, 0) is 44.3 Å². The first-order valence-corrected chi connectivity index (χ1v) is 6.66. The zero-order chi connectivity index (χ0) is 14.5. The summed E-state index contributed by atoms with van der Waals surface area (Å²) in [5.74, 6) is -0.308. The highest BCUT2D eigenvalue weighted by atomic mass is 19.1. The minimum atomic E-state index is -0.308. The molecule has 2 rings (SSSR count). The molecule has 0 aliphatic carbocycles. The number of hydrogen-bond acceptors (Lipinski definition) is 3. The van der Waals surface area contributed by atoms with Gasteiger partial charge in [-0.1, -0.05) is 18.2 Å². The normalized spacial score (nSPS) is 12.4. The van der Waals surface area contributed by atoms with E-state index in [1.165, 1.54) is 17.8 Å². The van der Waals surface area contributed by atoms with E-state index >= 15 is 0 Å². The maximum atomic E-state index is 13.2. The number of halogens is 1. The lowest BCUT2D eigenvalue weighted by Crippen LogP contribution is -2.14. The monoisotopic (exact) mass is 273 g/mol. The van der Waals surface area contributed by atoms with Crippen molar-refractivity contribution in [2.45, 2.75) is 19.5 Å². The number of para-hydroxylation sites is 1. The molecule has 20 heavy (non-hydrogen) atoms. The first-order chi connectivity index (χ1) is 9.56. The number of rotatable bonds is 5. The highest BCUT2D eigenvalue weighted by Crippen LogP contribution is 2.23. The van der Waals surface area contributed by atoms with Crippen molar-refractivity contribution in [2.24, 2.45) is 0 Å². The van der Waals surface area contributed by atoms with Crippen LogP contribution < -0.4 is 5.32 Å². The topological polar surface area (TPSA) is 28.2 Å². The first kappa shape index (κ1) is 14.5. The quantitative estimate of drug-likeness (QED) is 0.904. The molecule has 1 atom stereocenters. The molecular formula is C16H20FN3. The van der Waals surface area contributed by atoms with Crippen LogP contribution in [0.5, 0.6) is 0 Å². The predicted molar refractivity (Wildman–Crippen MR) is 80.1 cm³/mol. The summed E-state index contributed by atoms with van der Waals surface area (Å²) in [4.78, 5) is 6.01. The maximum absolute atomic E-state index is 13.2. The van der Waals surface area contributed by atoms with Crippen molar-refractivity contribution in [3.8, 4) is 0 Å². The second-order valence-corrected chi connectivity index (χ2v) is 5.20. The minimum Gasteiger partial charge on any atom is -0.378 e. The standard InChI is InChI=1S/C16H20FN3/c1-12(14-8-15(17)10-18-9-14)19-16-7-5-4-6-13(16)11-20(2)3/h4-10,12,19H,11H2,1-3H3. The number of aromatic nitrogens is 1. The van der Waals surface area contributed by atoms with Gasteiger partial charge in [-0.2, -0.15) is 0 Å². The Bertz CT molecular complexity index is 569. The van der Waals surface area contributed by atoms with E-state index < -0.39 is 0 Å². The van der Waals surface area contributed by atoms with E-state index in [2.05, 4.69) is 21.3 Å². The Balaban J connectivity index is 2.17. The van der Waals surface area contributed by atoms with Crippen molar-refractivity contribution in [1.29, 1.82) is 0 Å². The van der Waals surface area contributed by atoms with Crippen molar-refractivity contribution in [2.75, 3.05) is 19.4 Å². The molecule has 0 aliphatic rings. The first-order valence-electron chi connectivity index (χ1n) is 6.66. The van der Waals surface area contributed by atoms with Crippen molar-refractivity contribution < 1.29 is 4.39 Å². The van der Waals surface area contributed by atoms with Gasteiger partial charge < -0.3 is 10.2 Å². The number of nitrogens with zero attached hydrogens (tertiary/aromatic N) is 2. The van der Waals surface area contributed by atoms with Crippen LogP contribution in [0, 0.1) is 5.82 Å². The molecule has 106 valence electrons. The lowest BCUT2D eigenvalue weighted by Gasteiger charge is -2.20. The van der Waals surface area contributed by atoms with E-state index in [-0.39, 0.29) is 11.9 Å². The van der Waals surface area contributed by atoms with Gasteiger partial charge in [-0.15, -0.1) is 0 Å². The number of nitrogens with one attached hydrogen (secondary N) is 1. The van der Waals surface area contributed by atoms with Crippen LogP contribution >= 0.6 is 0 Å². The molecule has 1 aromatic carbocycles. The zero-order valence-electron chi connectivity index (χ0n) is 12.1. The van der Waals surface area contributed by atoms with Gasteiger partial charge in [0.05, 0.1) is 12.2 Å². The summed E-state index contributed by atoms with van der Waals surface area (Å²) in [5.41, 5.74) is 3.12. The Labute approximate surface area is 119 Å². The molecule has 0 radical (unpaired) electrons. The summed E-state index contributed by atoms with van der Waals surface area (Å²) in [6, 6.07) is 9.68. The second-order valence-electron chi connectivity index (χ2n) is 5.20. The van der Waals surface area contributed by atoms with E-state index in [9.17, 15) is 4.39 Å². The average molecular weight is 273 g/mol. The Kier molecular flexibility index (Phi) is 4.69. The highest BCUT2D eigenvalue weighted by molar-refractivity contribution is 5.52. The number of benzene rings is 1. The average Bonchev–Trinajstić information content (AvgIpc) is 2.40. The van der Waals surface area contributed by atoms with E-state index in [0.717, 1.165) is 17.8 Å². The zero-order valence-corrected chi connectivity index (χ0v) is 12.1. The Morgan fingerprint density at radius 2 is 2.00 bits per heavy atom. The fraction of sp³-hybridized carbons (Fsp3) is 0.312. The molecule has 4 heteroatoms. The van der Waals surface area contributed by atoms with Crippen LogP contribution in [-0.2, 0) is 6.54 Å². The van der Waals surface area contributed by atoms with Crippen molar-refractivity contribution in [3.63, 3.8) is 0 Å². The smallest absolute Gasteiger partial charge is 0.141 e. The van der Waals surface area contributed by atoms with Gasteiger partial charge in [-0.25, -0.2) is 4.39 Å². The third-order valence-electron chi connectivity index (χ3n) is 3.10. The summed E-state index contributed by atoms with van der Waals surface area (Å²) in [5, 5.41) is 3.43. The van der Waals surface area contributed by atoms with Crippen molar-refractivity contribution in [3.05, 3.63) is 59.7 Å². The molecule has 3 nitrogen and oxygen atoms in total. The van der Waals surface area contributed by atoms with E-state index in [1.807, 2.05) is 39.2 Å². The minimum absolute atomic E-state index is 0.00140. The maximum Gasteiger partial charge on any atom is 0.141 e. The van der Waals surface area contributed by atoms with Crippen LogP contribution in [0.15, 0.2) is 42.7 Å². The molecule has 1 heterocycles. The third-order valence-corrected chi connectivity index (χ3v) is 3.10. The molecule has 0 saturated heterocycles. The summed E-state index contributed by atoms with van der Waals surface area (Å²) in [6.07, 6.45) is 2.91. The van der Waals surface area contributed by atoms with Gasteiger partial charge in [0.25, 0.3) is 0 Å². The second kappa shape index (κ2) is 6.48. The molecule has 2 aromatic rings. The Hall–Kier alpha value is -1.94. The molecule has 1 unspecified atom stereocenters. The molecule has 1 aromatic heterocycles. The number of hydrogen-bond donors (Lipinski definition) is 1. The van der Waals surface area contributed by atoms with Gasteiger partial charge in [0.1, 0.15) is 5.82 Å².